The topological polar surface area (TPSA) is 46.5 Å². The smallest absolute Gasteiger partial charge is 0.450 e. The van der Waals surface area contributed by atoms with Gasteiger partial charge in [-0.25, -0.2) is 4.79 Å². The number of alkyl halides is 15. The molecule has 0 saturated heterocycles. The highest BCUT2D eigenvalue weighted by molar-refractivity contribution is 5.87. The van der Waals surface area contributed by atoms with Crippen molar-refractivity contribution in [2.24, 2.45) is 0 Å². The van der Waals surface area contributed by atoms with Crippen molar-refractivity contribution in [1.29, 1.82) is 0 Å². The molecular formula is C13H9F15O3. The fourth-order valence-electron chi connectivity index (χ4n) is 1.64. The summed E-state index contributed by atoms with van der Waals surface area (Å²) in [6.45, 7) is 0.816. The number of carbonyl (C=O) groups excluding carboxylic acids is 1. The van der Waals surface area contributed by atoms with Gasteiger partial charge in [-0.15, -0.1) is 0 Å². The molecule has 0 spiro atoms. The van der Waals surface area contributed by atoms with Crippen molar-refractivity contribution in [3.8, 4) is 0 Å². The maximum Gasteiger partial charge on any atom is 0.460 e. The summed E-state index contributed by atoms with van der Waals surface area (Å²) in [5.74, 6) is -50.2. The molecule has 3 nitrogen and oxygen atoms in total. The van der Waals surface area contributed by atoms with Crippen LogP contribution in [0.4, 0.5) is 65.9 Å². The summed E-state index contributed by atoms with van der Waals surface area (Å²) < 4.78 is 199. The van der Waals surface area contributed by atoms with Crippen molar-refractivity contribution >= 4 is 5.97 Å². The summed E-state index contributed by atoms with van der Waals surface area (Å²) in [5, 5.41) is 8.55. The summed E-state index contributed by atoms with van der Waals surface area (Å²) in [4.78, 5) is 11.0. The molecule has 0 aromatic carbocycles. The number of halogens is 15. The highest BCUT2D eigenvalue weighted by Gasteiger charge is 2.93. The average Bonchev–Trinajstić information content (AvgIpc) is 2.56. The fraction of sp³-hybridized carbons (Fsp3) is 0.769. The van der Waals surface area contributed by atoms with E-state index in [4.69, 9.17) is 5.11 Å². The van der Waals surface area contributed by atoms with E-state index in [9.17, 15) is 70.7 Å². The highest BCUT2D eigenvalue weighted by Crippen LogP contribution is 2.62. The Hall–Kier alpha value is -1.88. The van der Waals surface area contributed by atoms with Gasteiger partial charge in [0, 0.05) is 5.57 Å². The molecule has 0 rings (SSSR count). The zero-order chi connectivity index (χ0) is 25.6. The number of rotatable bonds is 9. The molecular weight excluding hydrogens is 489 g/mol. The first-order valence-corrected chi connectivity index (χ1v) is 7.10. The number of esters is 1. The summed E-state index contributed by atoms with van der Waals surface area (Å²) in [7, 11) is 0. The quantitative estimate of drug-likeness (QED) is 0.281. The molecule has 0 saturated carbocycles. The molecule has 0 aliphatic carbocycles. The highest BCUT2D eigenvalue weighted by atomic mass is 19.4. The van der Waals surface area contributed by atoms with Crippen LogP contribution in [-0.4, -0.2) is 65.5 Å². The predicted molar refractivity (Wildman–Crippen MR) is 67.5 cm³/mol. The van der Waals surface area contributed by atoms with Crippen molar-refractivity contribution in [3.63, 3.8) is 0 Å². The Balaban J connectivity index is 6.60. The SMILES string of the molecule is C=C(C)C(=O)OC(CO)C(F)(F)C(F)(F)C(F)(F)C(F)(F)C(F)(F)C(F)(F)C(F)(F)F. The first kappa shape index (κ1) is 29.1. The number of hydrogen-bond acceptors (Lipinski definition) is 3. The van der Waals surface area contributed by atoms with Crippen LogP contribution in [0, 0.1) is 0 Å². The van der Waals surface area contributed by atoms with E-state index in [1.165, 1.54) is 0 Å². The Bertz CT molecular complexity index is 695. The van der Waals surface area contributed by atoms with Crippen molar-refractivity contribution in [2.45, 2.75) is 54.7 Å². The van der Waals surface area contributed by atoms with E-state index in [2.05, 4.69) is 11.3 Å². The summed E-state index contributed by atoms with van der Waals surface area (Å²) in [6.07, 6.45) is -11.9. The molecule has 18 heteroatoms. The van der Waals surface area contributed by atoms with E-state index in [1.54, 1.807) is 0 Å². The van der Waals surface area contributed by atoms with E-state index in [-0.39, 0.29) is 0 Å². The zero-order valence-corrected chi connectivity index (χ0v) is 14.4. The molecule has 31 heavy (non-hydrogen) atoms. The molecule has 0 fully saturated rings. The molecule has 0 aliphatic heterocycles. The molecule has 0 aliphatic rings. The Kier molecular flexibility index (Phi) is 7.43. The summed E-state index contributed by atoms with van der Waals surface area (Å²) in [5.41, 5.74) is -0.911. The van der Waals surface area contributed by atoms with Crippen molar-refractivity contribution in [1.82, 2.24) is 0 Å². The second kappa shape index (κ2) is 7.91. The van der Waals surface area contributed by atoms with Crippen molar-refractivity contribution in [3.05, 3.63) is 12.2 Å². The number of hydrogen-bond donors (Lipinski definition) is 1. The number of aliphatic hydroxyl groups excluding tert-OH is 1. The van der Waals surface area contributed by atoms with E-state index in [1.807, 2.05) is 0 Å². The predicted octanol–water partition coefficient (Wildman–Crippen LogP) is 4.84. The molecule has 0 heterocycles. The van der Waals surface area contributed by atoms with Gasteiger partial charge < -0.3 is 9.84 Å². The third-order valence-corrected chi connectivity index (χ3v) is 3.52. The normalized spacial score (nSPS) is 16.2. The standard InChI is InChI=1S/C13H9F15O3/c1-4(2)6(30)31-5(3-29)7(14,15)8(16,17)9(18,19)10(20,21)11(22,23)12(24,25)13(26,27)28/h5,29H,1,3H2,2H3. The van der Waals surface area contributed by atoms with E-state index in [0.29, 0.717) is 6.92 Å². The summed E-state index contributed by atoms with van der Waals surface area (Å²) in [6, 6.07) is 0. The lowest BCUT2D eigenvalue weighted by Gasteiger charge is -2.42. The molecule has 184 valence electrons. The van der Waals surface area contributed by atoms with Gasteiger partial charge in [0.15, 0.2) is 6.10 Å². The second-order valence-corrected chi connectivity index (χ2v) is 5.85. The van der Waals surface area contributed by atoms with Gasteiger partial charge in [0.2, 0.25) is 0 Å². The lowest BCUT2D eigenvalue weighted by molar-refractivity contribution is -0.455. The van der Waals surface area contributed by atoms with Gasteiger partial charge in [-0.3, -0.25) is 0 Å². The van der Waals surface area contributed by atoms with Crippen LogP contribution >= 0.6 is 0 Å². The Morgan fingerprint density at radius 3 is 1.35 bits per heavy atom. The number of ether oxygens (including phenoxy) is 1. The zero-order valence-electron chi connectivity index (χ0n) is 14.4. The molecule has 1 unspecified atom stereocenters. The molecule has 0 bridgehead atoms. The molecule has 0 aromatic rings. The van der Waals surface area contributed by atoms with Gasteiger partial charge in [0.1, 0.15) is 0 Å². The van der Waals surface area contributed by atoms with Crippen molar-refractivity contribution < 1.29 is 80.5 Å². The van der Waals surface area contributed by atoms with Crippen LogP contribution in [0.15, 0.2) is 12.2 Å². The minimum Gasteiger partial charge on any atom is -0.450 e. The first-order valence-electron chi connectivity index (χ1n) is 7.10. The van der Waals surface area contributed by atoms with Crippen LogP contribution in [-0.2, 0) is 9.53 Å². The Morgan fingerprint density at radius 1 is 0.742 bits per heavy atom. The minimum absolute atomic E-state index is 0.648. The lowest BCUT2D eigenvalue weighted by Crippen LogP contribution is -2.74. The number of aliphatic hydroxyl groups is 1. The van der Waals surface area contributed by atoms with E-state index in [0.717, 1.165) is 0 Å². The molecule has 1 N–H and O–H groups in total. The monoisotopic (exact) mass is 498 g/mol. The number of carbonyl (C=O) groups is 1. The third-order valence-electron chi connectivity index (χ3n) is 3.52. The van der Waals surface area contributed by atoms with Gasteiger partial charge in [0.25, 0.3) is 0 Å². The van der Waals surface area contributed by atoms with Crippen LogP contribution in [0.5, 0.6) is 0 Å². The first-order chi connectivity index (χ1) is 13.3. The van der Waals surface area contributed by atoms with Gasteiger partial charge >= 0.3 is 47.7 Å². The van der Waals surface area contributed by atoms with E-state index >= 15 is 0 Å². The Morgan fingerprint density at radius 2 is 1.06 bits per heavy atom. The minimum atomic E-state index is -8.47. The van der Waals surface area contributed by atoms with Crippen molar-refractivity contribution in [2.75, 3.05) is 6.61 Å². The molecule has 0 radical (unpaired) electrons. The van der Waals surface area contributed by atoms with Gasteiger partial charge in [-0.1, -0.05) is 6.58 Å². The van der Waals surface area contributed by atoms with Gasteiger partial charge in [0.05, 0.1) is 6.61 Å². The maximum absolute atomic E-state index is 13.7. The lowest BCUT2D eigenvalue weighted by atomic mass is 9.89. The average molecular weight is 498 g/mol. The summed E-state index contributed by atoms with van der Waals surface area (Å²) >= 11 is 0. The largest absolute Gasteiger partial charge is 0.460 e. The van der Waals surface area contributed by atoms with Gasteiger partial charge in [-0.2, -0.15) is 65.9 Å². The maximum atomic E-state index is 13.7. The molecule has 1 atom stereocenters. The third kappa shape index (κ3) is 4.13. The molecule has 0 amide bonds. The van der Waals surface area contributed by atoms with Crippen LogP contribution in [0.3, 0.4) is 0 Å². The van der Waals surface area contributed by atoms with E-state index < -0.39 is 66.0 Å². The fourth-order valence-corrected chi connectivity index (χ4v) is 1.64. The van der Waals surface area contributed by atoms with Crippen LogP contribution in [0.25, 0.3) is 0 Å². The van der Waals surface area contributed by atoms with Crippen LogP contribution < -0.4 is 0 Å². The molecule has 0 aromatic heterocycles. The van der Waals surface area contributed by atoms with Crippen LogP contribution in [0.2, 0.25) is 0 Å². The van der Waals surface area contributed by atoms with Crippen LogP contribution in [0.1, 0.15) is 6.92 Å². The van der Waals surface area contributed by atoms with Gasteiger partial charge in [-0.05, 0) is 6.92 Å². The Labute approximate surface area is 161 Å². The second-order valence-electron chi connectivity index (χ2n) is 5.85.